The SMILES string of the molecule is CCCCCCCCCC(C)N(C)C. The van der Waals surface area contributed by atoms with Crippen LogP contribution in [0.25, 0.3) is 0 Å². The minimum absolute atomic E-state index is 0.755. The highest BCUT2D eigenvalue weighted by molar-refractivity contribution is 4.59. The van der Waals surface area contributed by atoms with Gasteiger partial charge in [0.25, 0.3) is 0 Å². The van der Waals surface area contributed by atoms with Crippen molar-refractivity contribution in [2.45, 2.75) is 71.3 Å². The van der Waals surface area contributed by atoms with Crippen molar-refractivity contribution in [3.63, 3.8) is 0 Å². The Balaban J connectivity index is 3.06. The first-order valence-corrected chi connectivity index (χ1v) is 6.35. The Kier molecular flexibility index (Phi) is 9.49. The van der Waals surface area contributed by atoms with Crippen molar-refractivity contribution in [1.29, 1.82) is 0 Å². The summed E-state index contributed by atoms with van der Waals surface area (Å²) in [5.41, 5.74) is 0. The van der Waals surface area contributed by atoms with Crippen LogP contribution in [-0.2, 0) is 0 Å². The lowest BCUT2D eigenvalue weighted by atomic mass is 10.1. The molecule has 0 fully saturated rings. The van der Waals surface area contributed by atoms with Gasteiger partial charge in [0.05, 0.1) is 0 Å². The third-order valence-electron chi connectivity index (χ3n) is 3.11. The summed E-state index contributed by atoms with van der Waals surface area (Å²) in [7, 11) is 4.35. The smallest absolute Gasteiger partial charge is 0.00608 e. The summed E-state index contributed by atoms with van der Waals surface area (Å²) in [6.07, 6.45) is 11.3. The maximum atomic E-state index is 2.32. The molecule has 0 bridgehead atoms. The molecule has 0 saturated heterocycles. The predicted molar refractivity (Wildman–Crippen MR) is 65.8 cm³/mol. The topological polar surface area (TPSA) is 3.24 Å². The van der Waals surface area contributed by atoms with Gasteiger partial charge in [0.2, 0.25) is 0 Å². The molecule has 86 valence electrons. The first-order chi connectivity index (χ1) is 6.68. The molecule has 0 aliphatic carbocycles. The standard InChI is InChI=1S/C13H29N/c1-5-6-7-8-9-10-11-12-13(2)14(3)4/h13H,5-12H2,1-4H3. The fourth-order valence-electron chi connectivity index (χ4n) is 1.66. The lowest BCUT2D eigenvalue weighted by Gasteiger charge is -2.19. The number of unbranched alkanes of at least 4 members (excludes halogenated alkanes) is 6. The molecular formula is C13H29N. The molecule has 0 aromatic heterocycles. The minimum Gasteiger partial charge on any atom is -0.307 e. The van der Waals surface area contributed by atoms with Crippen LogP contribution in [0.5, 0.6) is 0 Å². The summed E-state index contributed by atoms with van der Waals surface area (Å²) in [5, 5.41) is 0. The molecule has 0 aliphatic heterocycles. The molecule has 0 spiro atoms. The van der Waals surface area contributed by atoms with Gasteiger partial charge in [-0.3, -0.25) is 0 Å². The molecule has 14 heavy (non-hydrogen) atoms. The molecule has 0 amide bonds. The molecule has 1 nitrogen and oxygen atoms in total. The molecule has 1 heteroatoms. The number of hydrogen-bond acceptors (Lipinski definition) is 1. The van der Waals surface area contributed by atoms with E-state index in [0.29, 0.717) is 0 Å². The lowest BCUT2D eigenvalue weighted by molar-refractivity contribution is 0.291. The Morgan fingerprint density at radius 3 is 1.86 bits per heavy atom. The summed E-state index contributed by atoms with van der Waals surface area (Å²) in [6, 6.07) is 0.755. The fourth-order valence-corrected chi connectivity index (χ4v) is 1.66. The highest BCUT2D eigenvalue weighted by Crippen LogP contribution is 2.10. The molecule has 0 radical (unpaired) electrons. The van der Waals surface area contributed by atoms with Gasteiger partial charge in [0.1, 0.15) is 0 Å². The van der Waals surface area contributed by atoms with E-state index in [-0.39, 0.29) is 0 Å². The Hall–Kier alpha value is -0.0400. The van der Waals surface area contributed by atoms with Crippen molar-refractivity contribution in [3.8, 4) is 0 Å². The molecule has 0 aromatic rings. The van der Waals surface area contributed by atoms with E-state index in [1.807, 2.05) is 0 Å². The minimum atomic E-state index is 0.755. The van der Waals surface area contributed by atoms with Crippen molar-refractivity contribution in [2.24, 2.45) is 0 Å². The number of hydrogen-bond donors (Lipinski definition) is 0. The van der Waals surface area contributed by atoms with Gasteiger partial charge in [-0.25, -0.2) is 0 Å². The van der Waals surface area contributed by atoms with Crippen molar-refractivity contribution in [3.05, 3.63) is 0 Å². The van der Waals surface area contributed by atoms with Crippen LogP contribution in [0.2, 0.25) is 0 Å². The molecule has 0 aromatic carbocycles. The Bertz CT molecular complexity index is 110. The molecule has 0 rings (SSSR count). The van der Waals surface area contributed by atoms with Gasteiger partial charge in [-0.05, 0) is 27.4 Å². The average molecular weight is 199 g/mol. The highest BCUT2D eigenvalue weighted by Gasteiger charge is 2.02. The summed E-state index contributed by atoms with van der Waals surface area (Å²) in [4.78, 5) is 2.32. The number of nitrogens with zero attached hydrogens (tertiary/aromatic N) is 1. The van der Waals surface area contributed by atoms with Gasteiger partial charge in [-0.2, -0.15) is 0 Å². The average Bonchev–Trinajstić information content (AvgIpc) is 2.16. The van der Waals surface area contributed by atoms with E-state index in [2.05, 4.69) is 32.8 Å². The van der Waals surface area contributed by atoms with Gasteiger partial charge >= 0.3 is 0 Å². The molecular weight excluding hydrogens is 170 g/mol. The van der Waals surface area contributed by atoms with Crippen molar-refractivity contribution in [1.82, 2.24) is 4.90 Å². The zero-order valence-corrected chi connectivity index (χ0v) is 10.7. The molecule has 1 atom stereocenters. The van der Waals surface area contributed by atoms with Crippen LogP contribution in [0.1, 0.15) is 65.2 Å². The maximum absolute atomic E-state index is 2.32. The summed E-state index contributed by atoms with van der Waals surface area (Å²) >= 11 is 0. The highest BCUT2D eigenvalue weighted by atomic mass is 15.1. The van der Waals surface area contributed by atoms with Crippen LogP contribution in [0.15, 0.2) is 0 Å². The zero-order valence-electron chi connectivity index (χ0n) is 10.7. The van der Waals surface area contributed by atoms with E-state index in [1.54, 1.807) is 0 Å². The largest absolute Gasteiger partial charge is 0.307 e. The molecule has 0 saturated carbocycles. The van der Waals surface area contributed by atoms with Gasteiger partial charge < -0.3 is 4.90 Å². The lowest BCUT2D eigenvalue weighted by Crippen LogP contribution is -2.24. The van der Waals surface area contributed by atoms with Crippen LogP contribution in [0, 0.1) is 0 Å². The molecule has 0 N–H and O–H groups in total. The van der Waals surface area contributed by atoms with Gasteiger partial charge in [0, 0.05) is 6.04 Å². The van der Waals surface area contributed by atoms with Crippen LogP contribution in [0.4, 0.5) is 0 Å². The zero-order chi connectivity index (χ0) is 10.8. The van der Waals surface area contributed by atoms with E-state index in [9.17, 15) is 0 Å². The third-order valence-corrected chi connectivity index (χ3v) is 3.11. The van der Waals surface area contributed by atoms with E-state index in [4.69, 9.17) is 0 Å². The van der Waals surface area contributed by atoms with Crippen molar-refractivity contribution < 1.29 is 0 Å². The first kappa shape index (κ1) is 14.0. The Morgan fingerprint density at radius 2 is 1.36 bits per heavy atom. The van der Waals surface area contributed by atoms with Crippen molar-refractivity contribution in [2.75, 3.05) is 14.1 Å². The molecule has 1 unspecified atom stereocenters. The fraction of sp³-hybridized carbons (Fsp3) is 1.00. The first-order valence-electron chi connectivity index (χ1n) is 6.35. The monoisotopic (exact) mass is 199 g/mol. The summed E-state index contributed by atoms with van der Waals surface area (Å²) in [5.74, 6) is 0. The van der Waals surface area contributed by atoms with Gasteiger partial charge in [-0.1, -0.05) is 51.9 Å². The molecule has 0 aliphatic rings. The van der Waals surface area contributed by atoms with Crippen LogP contribution in [0.3, 0.4) is 0 Å². The second kappa shape index (κ2) is 9.51. The van der Waals surface area contributed by atoms with E-state index in [0.717, 1.165) is 6.04 Å². The van der Waals surface area contributed by atoms with Gasteiger partial charge in [0.15, 0.2) is 0 Å². The van der Waals surface area contributed by atoms with E-state index in [1.165, 1.54) is 51.4 Å². The normalized spacial score (nSPS) is 13.5. The Morgan fingerprint density at radius 1 is 0.857 bits per heavy atom. The van der Waals surface area contributed by atoms with Crippen LogP contribution in [-0.4, -0.2) is 25.0 Å². The third kappa shape index (κ3) is 8.55. The van der Waals surface area contributed by atoms with E-state index >= 15 is 0 Å². The maximum Gasteiger partial charge on any atom is 0.00608 e. The van der Waals surface area contributed by atoms with E-state index < -0.39 is 0 Å². The van der Waals surface area contributed by atoms with Crippen LogP contribution < -0.4 is 0 Å². The second-order valence-corrected chi connectivity index (χ2v) is 4.72. The predicted octanol–water partition coefficient (Wildman–Crippen LogP) is 4.08. The quantitative estimate of drug-likeness (QED) is 0.506. The second-order valence-electron chi connectivity index (χ2n) is 4.72. The number of rotatable bonds is 9. The van der Waals surface area contributed by atoms with Gasteiger partial charge in [-0.15, -0.1) is 0 Å². The molecule has 0 heterocycles. The van der Waals surface area contributed by atoms with Crippen LogP contribution >= 0.6 is 0 Å². The summed E-state index contributed by atoms with van der Waals surface area (Å²) < 4.78 is 0. The van der Waals surface area contributed by atoms with Crippen molar-refractivity contribution >= 4 is 0 Å². The Labute approximate surface area is 90.9 Å². The summed E-state index contributed by atoms with van der Waals surface area (Å²) in [6.45, 7) is 4.59.